The summed E-state index contributed by atoms with van der Waals surface area (Å²) in [7, 11) is 0. The van der Waals surface area contributed by atoms with E-state index >= 15 is 0 Å². The zero-order valence-corrected chi connectivity index (χ0v) is 13.8. The summed E-state index contributed by atoms with van der Waals surface area (Å²) < 4.78 is 5.93. The largest absolute Gasteiger partial charge is 0.436 e. The smallest absolute Gasteiger partial charge is 0.234 e. The van der Waals surface area contributed by atoms with Crippen molar-refractivity contribution in [3.8, 4) is 11.5 Å². The lowest BCUT2D eigenvalue weighted by Crippen LogP contribution is -2.26. The number of para-hydroxylation sites is 1. The van der Waals surface area contributed by atoms with E-state index < -0.39 is 5.41 Å². The molecule has 2 aromatic heterocycles. The summed E-state index contributed by atoms with van der Waals surface area (Å²) in [5, 5.41) is 3.95. The monoisotopic (exact) mass is 329 g/mol. The Kier molecular flexibility index (Phi) is 2.64. The van der Waals surface area contributed by atoms with Crippen LogP contribution in [-0.4, -0.2) is 15.9 Å². The molecule has 5 rings (SSSR count). The molecular formula is C20H15N3O2. The molecule has 1 N–H and O–H groups in total. The fraction of sp³-hybridized carbons (Fsp3) is 0.150. The first-order valence-electron chi connectivity index (χ1n) is 8.14. The Morgan fingerprint density at radius 2 is 1.92 bits per heavy atom. The van der Waals surface area contributed by atoms with Gasteiger partial charge in [-0.05, 0) is 37.6 Å². The van der Waals surface area contributed by atoms with E-state index in [1.807, 2.05) is 56.3 Å². The van der Waals surface area contributed by atoms with Gasteiger partial charge in [-0.2, -0.15) is 0 Å². The third-order valence-electron chi connectivity index (χ3n) is 4.85. The number of carbonyl (C=O) groups is 1. The van der Waals surface area contributed by atoms with Crippen LogP contribution in [0.25, 0.3) is 33.5 Å². The summed E-state index contributed by atoms with van der Waals surface area (Å²) in [6.45, 7) is 3.82. The molecule has 0 fully saturated rings. The first-order valence-corrected chi connectivity index (χ1v) is 8.14. The van der Waals surface area contributed by atoms with Crippen molar-refractivity contribution < 1.29 is 9.21 Å². The van der Waals surface area contributed by atoms with Crippen molar-refractivity contribution >= 4 is 33.6 Å². The van der Waals surface area contributed by atoms with Crippen LogP contribution in [-0.2, 0) is 10.2 Å². The number of nitrogens with zero attached hydrogens (tertiary/aromatic N) is 2. The van der Waals surface area contributed by atoms with Gasteiger partial charge in [-0.3, -0.25) is 9.78 Å². The minimum absolute atomic E-state index is 0.00546. The van der Waals surface area contributed by atoms with E-state index in [2.05, 4.69) is 15.3 Å². The lowest BCUT2D eigenvalue weighted by molar-refractivity contribution is -0.119. The number of carbonyl (C=O) groups excluding carboxylic acids is 1. The number of oxazole rings is 1. The Labute approximate surface area is 143 Å². The van der Waals surface area contributed by atoms with Gasteiger partial charge >= 0.3 is 0 Å². The molecule has 1 aliphatic rings. The Hall–Kier alpha value is -3.21. The number of pyridine rings is 1. The topological polar surface area (TPSA) is 68.0 Å². The second kappa shape index (κ2) is 4.66. The Morgan fingerprint density at radius 1 is 1.08 bits per heavy atom. The molecule has 1 amide bonds. The molecule has 0 spiro atoms. The minimum Gasteiger partial charge on any atom is -0.436 e. The van der Waals surface area contributed by atoms with Crippen molar-refractivity contribution in [3.05, 3.63) is 54.2 Å². The molecule has 3 heterocycles. The number of amides is 1. The molecule has 0 saturated heterocycles. The summed E-state index contributed by atoms with van der Waals surface area (Å²) in [5.41, 5.74) is 4.34. The summed E-state index contributed by atoms with van der Waals surface area (Å²) in [6.07, 6.45) is 1.77. The average molecular weight is 329 g/mol. The number of aromatic nitrogens is 2. The molecule has 25 heavy (non-hydrogen) atoms. The number of fused-ring (bicyclic) bond motifs is 3. The zero-order chi connectivity index (χ0) is 17.2. The maximum absolute atomic E-state index is 12.1. The normalized spacial score (nSPS) is 15.5. The molecule has 0 aliphatic carbocycles. The maximum atomic E-state index is 12.1. The Bertz CT molecular complexity index is 1170. The number of anilines is 1. The van der Waals surface area contributed by atoms with Crippen LogP contribution in [0, 0.1) is 0 Å². The summed E-state index contributed by atoms with van der Waals surface area (Å²) >= 11 is 0. The van der Waals surface area contributed by atoms with E-state index in [9.17, 15) is 4.79 Å². The van der Waals surface area contributed by atoms with Crippen LogP contribution in [0.3, 0.4) is 0 Å². The molecule has 0 atom stereocenters. The van der Waals surface area contributed by atoms with Gasteiger partial charge in [0.25, 0.3) is 0 Å². The molecule has 0 bridgehead atoms. The van der Waals surface area contributed by atoms with Gasteiger partial charge in [-0.1, -0.05) is 18.2 Å². The lowest BCUT2D eigenvalue weighted by Gasteiger charge is -2.14. The summed E-state index contributed by atoms with van der Waals surface area (Å²) in [4.78, 5) is 21.2. The SMILES string of the molecule is CC1(C)C(=O)Nc2cc3oc(-c4cnc5ccccc5c4)nc3cc21. The standard InChI is InChI=1S/C20H15N3O2/c1-20(2)13-8-16-17(9-15(13)23-19(20)24)25-18(22-16)12-7-11-5-3-4-6-14(11)21-10-12/h3-10H,1-2H3,(H,23,24). The third kappa shape index (κ3) is 1.99. The quantitative estimate of drug-likeness (QED) is 0.566. The highest BCUT2D eigenvalue weighted by molar-refractivity contribution is 6.07. The van der Waals surface area contributed by atoms with Crippen LogP contribution in [0.1, 0.15) is 19.4 Å². The molecule has 4 aromatic rings. The fourth-order valence-electron chi connectivity index (χ4n) is 3.31. The van der Waals surface area contributed by atoms with Crippen LogP contribution in [0.2, 0.25) is 0 Å². The van der Waals surface area contributed by atoms with Gasteiger partial charge in [0.1, 0.15) is 5.52 Å². The van der Waals surface area contributed by atoms with Gasteiger partial charge in [0, 0.05) is 23.3 Å². The number of hydrogen-bond acceptors (Lipinski definition) is 4. The molecule has 5 nitrogen and oxygen atoms in total. The van der Waals surface area contributed by atoms with Crippen LogP contribution in [0.5, 0.6) is 0 Å². The molecule has 5 heteroatoms. The average Bonchev–Trinajstić information content (AvgIpc) is 3.12. The number of benzene rings is 2. The molecule has 1 aliphatic heterocycles. The van der Waals surface area contributed by atoms with Crippen molar-refractivity contribution in [2.24, 2.45) is 0 Å². The fourth-order valence-corrected chi connectivity index (χ4v) is 3.31. The van der Waals surface area contributed by atoms with Crippen LogP contribution in [0.4, 0.5) is 5.69 Å². The van der Waals surface area contributed by atoms with Gasteiger partial charge in [-0.15, -0.1) is 0 Å². The molecular weight excluding hydrogens is 314 g/mol. The first kappa shape index (κ1) is 14.2. The van der Waals surface area contributed by atoms with E-state index in [-0.39, 0.29) is 5.91 Å². The van der Waals surface area contributed by atoms with Crippen molar-refractivity contribution in [2.45, 2.75) is 19.3 Å². The zero-order valence-electron chi connectivity index (χ0n) is 13.8. The van der Waals surface area contributed by atoms with E-state index in [0.29, 0.717) is 11.5 Å². The summed E-state index contributed by atoms with van der Waals surface area (Å²) in [6, 6.07) is 13.7. The molecule has 0 saturated carbocycles. The molecule has 0 radical (unpaired) electrons. The van der Waals surface area contributed by atoms with Gasteiger partial charge in [0.15, 0.2) is 5.58 Å². The Morgan fingerprint density at radius 3 is 2.80 bits per heavy atom. The maximum Gasteiger partial charge on any atom is 0.234 e. The third-order valence-corrected chi connectivity index (χ3v) is 4.85. The van der Waals surface area contributed by atoms with Crippen molar-refractivity contribution in [3.63, 3.8) is 0 Å². The van der Waals surface area contributed by atoms with Gasteiger partial charge in [0.2, 0.25) is 11.8 Å². The van der Waals surface area contributed by atoms with E-state index in [0.717, 1.165) is 33.2 Å². The first-order chi connectivity index (χ1) is 12.0. The predicted molar refractivity (Wildman–Crippen MR) is 96.4 cm³/mol. The number of hydrogen-bond donors (Lipinski definition) is 1. The highest BCUT2D eigenvalue weighted by atomic mass is 16.3. The molecule has 0 unspecified atom stereocenters. The van der Waals surface area contributed by atoms with E-state index in [4.69, 9.17) is 4.42 Å². The van der Waals surface area contributed by atoms with Crippen LogP contribution < -0.4 is 5.32 Å². The van der Waals surface area contributed by atoms with Crippen LogP contribution >= 0.6 is 0 Å². The van der Waals surface area contributed by atoms with Crippen molar-refractivity contribution in [1.82, 2.24) is 9.97 Å². The lowest BCUT2D eigenvalue weighted by atomic mass is 9.86. The summed E-state index contributed by atoms with van der Waals surface area (Å²) in [5.74, 6) is 0.523. The van der Waals surface area contributed by atoms with Gasteiger partial charge in [0.05, 0.1) is 16.5 Å². The van der Waals surface area contributed by atoms with E-state index in [1.54, 1.807) is 6.20 Å². The van der Waals surface area contributed by atoms with Crippen molar-refractivity contribution in [1.29, 1.82) is 0 Å². The van der Waals surface area contributed by atoms with E-state index in [1.165, 1.54) is 0 Å². The van der Waals surface area contributed by atoms with Crippen molar-refractivity contribution in [2.75, 3.05) is 5.32 Å². The van der Waals surface area contributed by atoms with Gasteiger partial charge < -0.3 is 9.73 Å². The molecule has 2 aromatic carbocycles. The highest BCUT2D eigenvalue weighted by Crippen LogP contribution is 2.40. The Balaban J connectivity index is 1.67. The number of nitrogens with one attached hydrogen (secondary N) is 1. The van der Waals surface area contributed by atoms with Gasteiger partial charge in [-0.25, -0.2) is 4.98 Å². The highest BCUT2D eigenvalue weighted by Gasteiger charge is 2.39. The minimum atomic E-state index is -0.562. The van der Waals surface area contributed by atoms with Crippen LogP contribution in [0.15, 0.2) is 53.1 Å². The number of rotatable bonds is 1. The second-order valence-corrected chi connectivity index (χ2v) is 6.88. The predicted octanol–water partition coefficient (Wildman–Crippen LogP) is 4.27. The molecule has 122 valence electrons. The second-order valence-electron chi connectivity index (χ2n) is 6.88.